The van der Waals surface area contributed by atoms with Crippen molar-refractivity contribution in [2.75, 3.05) is 5.73 Å². The third-order valence-corrected chi connectivity index (χ3v) is 3.05. The van der Waals surface area contributed by atoms with Crippen molar-refractivity contribution in [3.05, 3.63) is 61.6 Å². The van der Waals surface area contributed by atoms with E-state index in [4.69, 9.17) is 10.8 Å². The van der Waals surface area contributed by atoms with Crippen molar-refractivity contribution in [2.45, 2.75) is 0 Å². The number of aromatic carboxylic acids is 1. The summed E-state index contributed by atoms with van der Waals surface area (Å²) in [4.78, 5) is 21.4. The molecule has 112 valence electrons. The standard InChI is InChI=1S/C7H7FN2O3.C6H4FI/c1-10-2-3(7(12)13)5(9)4(8)6(10)11;7-5-2-1-3-6(8)4-5/h2H,9H2,1H3,(H,12,13);1-4H. The highest BCUT2D eigenvalue weighted by atomic mass is 127. The first-order valence-electron chi connectivity index (χ1n) is 5.53. The summed E-state index contributed by atoms with van der Waals surface area (Å²) in [5, 5.41) is 8.54. The molecule has 0 fully saturated rings. The minimum atomic E-state index is -1.37. The van der Waals surface area contributed by atoms with Crippen LogP contribution >= 0.6 is 22.6 Å². The van der Waals surface area contributed by atoms with E-state index >= 15 is 0 Å². The average molecular weight is 408 g/mol. The molecule has 0 saturated carbocycles. The summed E-state index contributed by atoms with van der Waals surface area (Å²) in [5.41, 5.74) is 3.10. The predicted octanol–water partition coefficient (Wildman–Crippen LogP) is 2.24. The van der Waals surface area contributed by atoms with Crippen molar-refractivity contribution < 1.29 is 18.7 Å². The van der Waals surface area contributed by atoms with Gasteiger partial charge in [0.05, 0.1) is 5.69 Å². The molecule has 1 heterocycles. The van der Waals surface area contributed by atoms with Crippen molar-refractivity contribution in [1.82, 2.24) is 4.57 Å². The van der Waals surface area contributed by atoms with Crippen LogP contribution in [0.2, 0.25) is 0 Å². The first-order valence-corrected chi connectivity index (χ1v) is 6.61. The maximum Gasteiger partial charge on any atom is 0.339 e. The van der Waals surface area contributed by atoms with Gasteiger partial charge in [-0.05, 0) is 40.8 Å². The zero-order valence-electron chi connectivity index (χ0n) is 10.8. The fourth-order valence-corrected chi connectivity index (χ4v) is 1.85. The quantitative estimate of drug-likeness (QED) is 0.709. The van der Waals surface area contributed by atoms with E-state index < -0.39 is 28.6 Å². The Bertz CT molecular complexity index is 715. The molecule has 0 radical (unpaired) electrons. The van der Waals surface area contributed by atoms with E-state index in [1.54, 1.807) is 6.07 Å². The first kappa shape index (κ1) is 17.1. The molecule has 5 nitrogen and oxygen atoms in total. The van der Waals surface area contributed by atoms with Gasteiger partial charge < -0.3 is 15.4 Å². The van der Waals surface area contributed by atoms with Crippen molar-refractivity contribution in [3.8, 4) is 0 Å². The summed E-state index contributed by atoms with van der Waals surface area (Å²) in [5.74, 6) is -2.77. The number of rotatable bonds is 1. The molecule has 1 aromatic carbocycles. The van der Waals surface area contributed by atoms with Gasteiger partial charge in [0.2, 0.25) is 5.82 Å². The van der Waals surface area contributed by atoms with Gasteiger partial charge in [0, 0.05) is 16.8 Å². The Labute approximate surface area is 132 Å². The van der Waals surface area contributed by atoms with Crippen molar-refractivity contribution in [1.29, 1.82) is 0 Å². The van der Waals surface area contributed by atoms with Crippen LogP contribution in [0.4, 0.5) is 14.5 Å². The number of nitrogens with zero attached hydrogens (tertiary/aromatic N) is 1. The number of anilines is 1. The smallest absolute Gasteiger partial charge is 0.339 e. The van der Waals surface area contributed by atoms with Crippen LogP contribution in [0.1, 0.15) is 10.4 Å². The van der Waals surface area contributed by atoms with Gasteiger partial charge in [0.25, 0.3) is 5.56 Å². The van der Waals surface area contributed by atoms with Crippen LogP contribution in [-0.2, 0) is 7.05 Å². The van der Waals surface area contributed by atoms with Gasteiger partial charge in [-0.3, -0.25) is 4.79 Å². The Hall–Kier alpha value is -1.97. The molecule has 0 bridgehead atoms. The first-order chi connectivity index (χ1) is 9.73. The number of aryl methyl sites for hydroxylation is 1. The number of pyridine rings is 1. The average Bonchev–Trinajstić information content (AvgIpc) is 2.40. The Morgan fingerprint density at radius 2 is 2.00 bits per heavy atom. The Morgan fingerprint density at radius 1 is 1.38 bits per heavy atom. The molecule has 2 aromatic rings. The SMILES string of the molecule is Cn1cc(C(=O)O)c(N)c(F)c1=O.Fc1cccc(I)c1. The minimum Gasteiger partial charge on any atom is -0.478 e. The molecule has 3 N–H and O–H groups in total. The van der Waals surface area contributed by atoms with Gasteiger partial charge in [-0.1, -0.05) is 6.07 Å². The molecule has 1 aromatic heterocycles. The van der Waals surface area contributed by atoms with E-state index in [1.165, 1.54) is 19.2 Å². The maximum atomic E-state index is 12.9. The Balaban J connectivity index is 0.000000235. The number of carboxylic acids is 1. The number of carboxylic acid groups (broad SMARTS) is 1. The molecule has 0 aliphatic carbocycles. The largest absolute Gasteiger partial charge is 0.478 e. The number of benzene rings is 1. The minimum absolute atomic E-state index is 0.170. The van der Waals surface area contributed by atoms with Gasteiger partial charge in [-0.2, -0.15) is 4.39 Å². The fraction of sp³-hybridized carbons (Fsp3) is 0.0769. The molecule has 0 aliphatic heterocycles. The van der Waals surface area contributed by atoms with Gasteiger partial charge in [-0.25, -0.2) is 9.18 Å². The van der Waals surface area contributed by atoms with Gasteiger partial charge >= 0.3 is 5.97 Å². The highest BCUT2D eigenvalue weighted by Gasteiger charge is 2.15. The van der Waals surface area contributed by atoms with Crippen molar-refractivity contribution in [2.24, 2.45) is 7.05 Å². The molecular weight excluding hydrogens is 397 g/mol. The molecule has 0 amide bonds. The number of hydrogen-bond acceptors (Lipinski definition) is 3. The van der Waals surface area contributed by atoms with E-state index in [0.717, 1.165) is 14.3 Å². The predicted molar refractivity (Wildman–Crippen MR) is 82.1 cm³/mol. The lowest BCUT2D eigenvalue weighted by Crippen LogP contribution is -2.24. The molecule has 0 spiro atoms. The Morgan fingerprint density at radius 3 is 2.43 bits per heavy atom. The molecule has 2 rings (SSSR count). The normalized spacial score (nSPS) is 9.71. The van der Waals surface area contributed by atoms with Crippen LogP contribution in [0.15, 0.2) is 35.3 Å². The lowest BCUT2D eigenvalue weighted by molar-refractivity contribution is 0.0696. The molecule has 0 aliphatic rings. The van der Waals surface area contributed by atoms with E-state index in [0.29, 0.717) is 0 Å². The summed E-state index contributed by atoms with van der Waals surface area (Å²) >= 11 is 2.07. The Kier molecular flexibility index (Phi) is 5.82. The van der Waals surface area contributed by atoms with Crippen LogP contribution < -0.4 is 11.3 Å². The lowest BCUT2D eigenvalue weighted by Gasteiger charge is -2.04. The lowest BCUT2D eigenvalue weighted by atomic mass is 10.2. The van der Waals surface area contributed by atoms with E-state index in [1.807, 2.05) is 6.07 Å². The van der Waals surface area contributed by atoms with Crippen LogP contribution in [0.5, 0.6) is 0 Å². The molecule has 0 atom stereocenters. The highest BCUT2D eigenvalue weighted by molar-refractivity contribution is 14.1. The van der Waals surface area contributed by atoms with E-state index in [9.17, 15) is 18.4 Å². The maximum absolute atomic E-state index is 12.9. The number of carbonyl (C=O) groups is 1. The zero-order valence-corrected chi connectivity index (χ0v) is 13.0. The summed E-state index contributed by atoms with van der Waals surface area (Å²) in [6.07, 6.45) is 0.975. The second-order valence-corrected chi connectivity index (χ2v) is 5.18. The van der Waals surface area contributed by atoms with Crippen LogP contribution in [0, 0.1) is 15.2 Å². The van der Waals surface area contributed by atoms with Crippen LogP contribution in [0.25, 0.3) is 0 Å². The third kappa shape index (κ3) is 4.52. The zero-order chi connectivity index (χ0) is 16.2. The topological polar surface area (TPSA) is 85.3 Å². The number of aromatic nitrogens is 1. The summed E-state index contributed by atoms with van der Waals surface area (Å²) in [6, 6.07) is 6.46. The summed E-state index contributed by atoms with van der Waals surface area (Å²) in [7, 11) is 1.25. The number of nitrogens with two attached hydrogens (primary N) is 1. The third-order valence-electron chi connectivity index (χ3n) is 2.37. The van der Waals surface area contributed by atoms with E-state index in [2.05, 4.69) is 22.6 Å². The summed E-state index contributed by atoms with van der Waals surface area (Å²) in [6.45, 7) is 0. The molecule has 8 heteroatoms. The van der Waals surface area contributed by atoms with Crippen LogP contribution in [0.3, 0.4) is 0 Å². The van der Waals surface area contributed by atoms with Crippen molar-refractivity contribution in [3.63, 3.8) is 0 Å². The second kappa shape index (κ2) is 7.16. The highest BCUT2D eigenvalue weighted by Crippen LogP contribution is 2.11. The fourth-order valence-electron chi connectivity index (χ4n) is 1.34. The number of halogens is 3. The summed E-state index contributed by atoms with van der Waals surface area (Å²) < 4.78 is 26.8. The molecule has 21 heavy (non-hydrogen) atoms. The van der Waals surface area contributed by atoms with Gasteiger partial charge in [-0.15, -0.1) is 0 Å². The number of hydrogen-bond donors (Lipinski definition) is 2. The molecule has 0 saturated heterocycles. The van der Waals surface area contributed by atoms with Gasteiger partial charge in [0.15, 0.2) is 0 Å². The molecular formula is C13H11F2IN2O3. The second-order valence-electron chi connectivity index (χ2n) is 3.93. The van der Waals surface area contributed by atoms with E-state index in [-0.39, 0.29) is 5.82 Å². The van der Waals surface area contributed by atoms with Gasteiger partial charge in [0.1, 0.15) is 11.4 Å². The van der Waals surface area contributed by atoms with Crippen molar-refractivity contribution >= 4 is 34.2 Å². The number of nitrogen functional groups attached to an aromatic ring is 1. The monoisotopic (exact) mass is 408 g/mol. The van der Waals surface area contributed by atoms with Crippen LogP contribution in [-0.4, -0.2) is 15.6 Å². The molecule has 0 unspecified atom stereocenters.